The van der Waals surface area contributed by atoms with Gasteiger partial charge in [-0.1, -0.05) is 11.6 Å². The van der Waals surface area contributed by atoms with Crippen LogP contribution in [0.3, 0.4) is 0 Å². The summed E-state index contributed by atoms with van der Waals surface area (Å²) in [6.45, 7) is 11.2. The summed E-state index contributed by atoms with van der Waals surface area (Å²) in [7, 11) is 3.42. The summed E-state index contributed by atoms with van der Waals surface area (Å²) in [5, 5.41) is 14.9. The lowest BCUT2D eigenvalue weighted by Gasteiger charge is -2.43. The van der Waals surface area contributed by atoms with E-state index >= 15 is 0 Å². The van der Waals surface area contributed by atoms with E-state index in [9.17, 15) is 19.2 Å². The van der Waals surface area contributed by atoms with Gasteiger partial charge in [0.25, 0.3) is 11.5 Å². The predicted octanol–water partition coefficient (Wildman–Crippen LogP) is 4.12. The molecule has 316 valence electrons. The summed E-state index contributed by atoms with van der Waals surface area (Å²) in [5.41, 5.74) is 3.62. The van der Waals surface area contributed by atoms with Crippen molar-refractivity contribution in [3.05, 3.63) is 63.8 Å². The molecule has 3 aliphatic heterocycles. The largest absolute Gasteiger partial charge is 0.478 e. The van der Waals surface area contributed by atoms with E-state index < -0.39 is 5.92 Å². The number of aryl methyl sites for hydroxylation is 1. The SMILES string of the molecule is CNC(=O)COc1cc2cc(Nc3nc(N4CCN(CC5CCN(c6ccc7c(C8CCC(=O)NC8=O)nn(C)c7c6)CC5)C(C)C4)ncc3Cl)cnc2n(C(C)C)c1=O. The standard InChI is InChI=1S/C42H51ClN12O5/c1-24(2)55-39-27(17-34(41(55)59)60-23-36(57)44-4)16-28(19-45-39)47-38-32(43)20-46-42(49-38)54-15-14-53(25(3)21-54)22-26-10-12-52(13-11-26)29-6-7-30-33(18-29)51(5)50-37(30)31-8-9-35(56)48-40(31)58/h6-7,16-20,24-26,31H,8-15,21-23H2,1-5H3,(H,44,57)(H,46,47,49)(H,48,56,58). The highest BCUT2D eigenvalue weighted by Gasteiger charge is 2.33. The van der Waals surface area contributed by atoms with Crippen molar-refractivity contribution in [2.45, 2.75) is 64.5 Å². The molecule has 2 unspecified atom stereocenters. The van der Waals surface area contributed by atoms with E-state index in [0.717, 1.165) is 74.4 Å². The van der Waals surface area contributed by atoms with Crippen LogP contribution in [0.25, 0.3) is 21.9 Å². The molecule has 17 nitrogen and oxygen atoms in total. The number of hydrogen-bond donors (Lipinski definition) is 3. The lowest BCUT2D eigenvalue weighted by atomic mass is 9.92. The first-order chi connectivity index (χ1) is 28.9. The summed E-state index contributed by atoms with van der Waals surface area (Å²) < 4.78 is 8.99. The number of piperazine rings is 1. The zero-order valence-electron chi connectivity index (χ0n) is 34.6. The van der Waals surface area contributed by atoms with Gasteiger partial charge in [0.1, 0.15) is 10.7 Å². The van der Waals surface area contributed by atoms with E-state index in [0.29, 0.717) is 58.3 Å². The maximum Gasteiger partial charge on any atom is 0.294 e. The molecule has 18 heteroatoms. The number of rotatable bonds is 11. The van der Waals surface area contributed by atoms with Crippen molar-refractivity contribution in [1.29, 1.82) is 0 Å². The van der Waals surface area contributed by atoms with E-state index in [-0.39, 0.29) is 41.7 Å². The average molecular weight is 839 g/mol. The van der Waals surface area contributed by atoms with E-state index in [1.807, 2.05) is 31.6 Å². The number of carbonyl (C=O) groups is 3. The van der Waals surface area contributed by atoms with E-state index in [4.69, 9.17) is 26.4 Å². The number of fused-ring (bicyclic) bond motifs is 2. The highest BCUT2D eigenvalue weighted by atomic mass is 35.5. The van der Waals surface area contributed by atoms with E-state index in [1.165, 1.54) is 7.05 Å². The van der Waals surface area contributed by atoms with Gasteiger partial charge < -0.3 is 25.2 Å². The van der Waals surface area contributed by atoms with Crippen LogP contribution in [0.4, 0.5) is 23.1 Å². The lowest BCUT2D eigenvalue weighted by molar-refractivity contribution is -0.134. The second-order valence-electron chi connectivity index (χ2n) is 16.3. The van der Waals surface area contributed by atoms with Crippen molar-refractivity contribution in [1.82, 2.24) is 44.8 Å². The van der Waals surface area contributed by atoms with Gasteiger partial charge in [-0.15, -0.1) is 0 Å². The maximum atomic E-state index is 13.2. The quantitative estimate of drug-likeness (QED) is 0.162. The molecule has 1 aromatic carbocycles. The number of nitrogens with one attached hydrogen (secondary N) is 3. The van der Waals surface area contributed by atoms with Gasteiger partial charge in [0.2, 0.25) is 17.8 Å². The minimum absolute atomic E-state index is 0.0587. The van der Waals surface area contributed by atoms with Crippen LogP contribution in [0, 0.1) is 5.92 Å². The molecule has 3 N–H and O–H groups in total. The fraction of sp³-hybridized carbons (Fsp3) is 0.476. The van der Waals surface area contributed by atoms with Crippen molar-refractivity contribution in [3.8, 4) is 5.75 Å². The molecule has 0 saturated carbocycles. The molecule has 2 atom stereocenters. The Morgan fingerprint density at radius 2 is 1.82 bits per heavy atom. The Morgan fingerprint density at radius 1 is 1.02 bits per heavy atom. The number of likely N-dealkylation sites (N-methyl/N-ethyl adjacent to an activating group) is 1. The number of carbonyl (C=O) groups excluding carboxylic acids is 3. The van der Waals surface area contributed by atoms with Gasteiger partial charge in [-0.25, -0.2) is 9.97 Å². The van der Waals surface area contributed by atoms with Crippen molar-refractivity contribution in [2.24, 2.45) is 13.0 Å². The van der Waals surface area contributed by atoms with Crippen LogP contribution in [0.2, 0.25) is 5.02 Å². The molecule has 3 fully saturated rings. The Hall–Kier alpha value is -5.81. The fourth-order valence-electron chi connectivity index (χ4n) is 8.64. The van der Waals surface area contributed by atoms with Crippen LogP contribution in [-0.2, 0) is 21.4 Å². The number of ether oxygens (including phenoxy) is 1. The monoisotopic (exact) mass is 838 g/mol. The number of pyridine rings is 2. The molecule has 3 saturated heterocycles. The van der Waals surface area contributed by atoms with Gasteiger partial charge in [0.05, 0.1) is 35.2 Å². The summed E-state index contributed by atoms with van der Waals surface area (Å²) in [4.78, 5) is 70.6. The molecule has 0 radical (unpaired) electrons. The van der Waals surface area contributed by atoms with E-state index in [2.05, 4.69) is 65.7 Å². The second kappa shape index (κ2) is 17.0. The Morgan fingerprint density at radius 3 is 2.55 bits per heavy atom. The smallest absolute Gasteiger partial charge is 0.294 e. The molecule has 3 aliphatic rings. The van der Waals surface area contributed by atoms with Crippen molar-refractivity contribution < 1.29 is 19.1 Å². The number of piperidine rings is 2. The van der Waals surface area contributed by atoms with Gasteiger partial charge in [0, 0.05) is 88.3 Å². The number of amides is 3. The van der Waals surface area contributed by atoms with Crippen molar-refractivity contribution >= 4 is 74.4 Å². The molecule has 5 aromatic rings. The highest BCUT2D eigenvalue weighted by molar-refractivity contribution is 6.33. The molecule has 0 bridgehead atoms. The number of hydrogen-bond acceptors (Lipinski definition) is 13. The third kappa shape index (κ3) is 8.32. The van der Waals surface area contributed by atoms with Gasteiger partial charge in [-0.2, -0.15) is 10.1 Å². The van der Waals surface area contributed by atoms with E-state index in [1.54, 1.807) is 23.0 Å². The first-order valence-corrected chi connectivity index (χ1v) is 21.0. The fourth-order valence-corrected chi connectivity index (χ4v) is 8.77. The molecule has 60 heavy (non-hydrogen) atoms. The van der Waals surface area contributed by atoms with Crippen LogP contribution in [-0.4, -0.2) is 111 Å². The Labute approximate surface area is 352 Å². The van der Waals surface area contributed by atoms with Crippen molar-refractivity contribution in [3.63, 3.8) is 0 Å². The number of aromatic nitrogens is 6. The number of imide groups is 1. The van der Waals surface area contributed by atoms with Gasteiger partial charge >= 0.3 is 0 Å². The average Bonchev–Trinajstić information content (AvgIpc) is 3.56. The van der Waals surface area contributed by atoms with Gasteiger partial charge in [0.15, 0.2) is 18.2 Å². The first-order valence-electron chi connectivity index (χ1n) is 20.6. The van der Waals surface area contributed by atoms with Crippen LogP contribution in [0.1, 0.15) is 64.1 Å². The van der Waals surface area contributed by atoms with Gasteiger partial charge in [-0.3, -0.25) is 38.6 Å². The first kappa shape index (κ1) is 40.9. The number of anilines is 4. The minimum atomic E-state index is -0.417. The van der Waals surface area contributed by atoms with Crippen molar-refractivity contribution in [2.75, 3.05) is 68.0 Å². The zero-order chi connectivity index (χ0) is 42.2. The third-order valence-electron chi connectivity index (χ3n) is 11.9. The second-order valence-corrected chi connectivity index (χ2v) is 16.7. The van der Waals surface area contributed by atoms with Crippen LogP contribution >= 0.6 is 11.6 Å². The van der Waals surface area contributed by atoms with Gasteiger partial charge in [-0.05, 0) is 76.3 Å². The molecular formula is C42H51ClN12O5. The Kier molecular flexibility index (Phi) is 11.6. The maximum absolute atomic E-state index is 13.2. The van der Waals surface area contributed by atoms with Crippen LogP contribution in [0.5, 0.6) is 5.75 Å². The predicted molar refractivity (Wildman–Crippen MR) is 230 cm³/mol. The highest BCUT2D eigenvalue weighted by Crippen LogP contribution is 2.34. The summed E-state index contributed by atoms with van der Waals surface area (Å²) in [5.74, 6) is 0.418. The number of benzene rings is 1. The summed E-state index contributed by atoms with van der Waals surface area (Å²) in [6, 6.07) is 9.92. The molecular weight excluding hydrogens is 788 g/mol. The topological polar surface area (TPSA) is 185 Å². The van der Waals surface area contributed by atoms with Crippen LogP contribution < -0.4 is 36.0 Å². The molecule has 4 aromatic heterocycles. The minimum Gasteiger partial charge on any atom is -0.478 e. The number of nitrogens with zero attached hydrogens (tertiary/aromatic N) is 9. The molecule has 0 spiro atoms. The number of halogens is 1. The Balaban J connectivity index is 0.879. The normalized spacial score (nSPS) is 19.3. The third-order valence-corrected chi connectivity index (χ3v) is 12.2. The van der Waals surface area contributed by atoms with Crippen LogP contribution in [0.15, 0.2) is 47.5 Å². The summed E-state index contributed by atoms with van der Waals surface area (Å²) >= 11 is 6.61. The Bertz CT molecular complexity index is 2510. The zero-order valence-corrected chi connectivity index (χ0v) is 35.3. The summed E-state index contributed by atoms with van der Waals surface area (Å²) in [6.07, 6.45) is 6.23. The molecule has 3 amide bonds. The molecule has 8 rings (SSSR count). The molecule has 7 heterocycles. The molecule has 0 aliphatic carbocycles. The lowest BCUT2D eigenvalue weighted by Crippen LogP contribution is -2.54.